The van der Waals surface area contributed by atoms with Crippen molar-refractivity contribution < 1.29 is 24.5 Å². The van der Waals surface area contributed by atoms with E-state index in [2.05, 4.69) is 11.5 Å². The number of aromatic nitrogens is 1. The molecule has 7 heteroatoms. The molecule has 1 fully saturated rings. The van der Waals surface area contributed by atoms with E-state index in [1.54, 1.807) is 18.2 Å². The van der Waals surface area contributed by atoms with Gasteiger partial charge in [0.15, 0.2) is 18.7 Å². The molecule has 2 N–H and O–H groups in total. The zero-order chi connectivity index (χ0) is 30.8. The van der Waals surface area contributed by atoms with Gasteiger partial charge in [0.2, 0.25) is 0 Å². The van der Waals surface area contributed by atoms with Gasteiger partial charge in [0.25, 0.3) is 0 Å². The molecule has 0 amide bonds. The summed E-state index contributed by atoms with van der Waals surface area (Å²) in [5.74, 6) is 0.600. The third-order valence-electron chi connectivity index (χ3n) is 7.35. The van der Waals surface area contributed by atoms with E-state index in [0.717, 1.165) is 54.2 Å². The predicted molar refractivity (Wildman–Crippen MR) is 173 cm³/mol. The summed E-state index contributed by atoms with van der Waals surface area (Å²) >= 11 is 0. The van der Waals surface area contributed by atoms with Crippen molar-refractivity contribution in [2.24, 2.45) is 0 Å². The number of ketones is 1. The third kappa shape index (κ3) is 7.31. The number of Topliss-reactive ketones (excluding diaryl/α,β-unsaturated/α-hetero) is 1. The van der Waals surface area contributed by atoms with Crippen LogP contribution in [0.5, 0.6) is 5.75 Å². The average Bonchev–Trinajstić information content (AvgIpc) is 3.68. The molecule has 7 nitrogen and oxygen atoms in total. The van der Waals surface area contributed by atoms with E-state index in [4.69, 9.17) is 9.84 Å². The van der Waals surface area contributed by atoms with Crippen LogP contribution in [0.15, 0.2) is 109 Å². The number of benzene rings is 3. The van der Waals surface area contributed by atoms with Gasteiger partial charge < -0.3 is 24.4 Å². The van der Waals surface area contributed by atoms with Gasteiger partial charge in [-0.3, -0.25) is 9.59 Å². The summed E-state index contributed by atoms with van der Waals surface area (Å²) in [5, 5.41) is 18.0. The zero-order valence-corrected chi connectivity index (χ0v) is 24.7. The number of aliphatic hydroxyl groups excluding tert-OH is 2. The second-order valence-corrected chi connectivity index (χ2v) is 10.2. The molecule has 4 aromatic rings. The number of anilines is 1. The number of nitrogens with zero attached hydrogens (tertiary/aromatic N) is 2. The Bertz CT molecular complexity index is 1620. The third-order valence-corrected chi connectivity index (χ3v) is 7.35. The Balaban J connectivity index is 0.00000207. The lowest BCUT2D eigenvalue weighted by atomic mass is 10.0. The highest BCUT2D eigenvalue weighted by molar-refractivity contribution is 6.05. The minimum atomic E-state index is -0.0805. The largest absolute Gasteiger partial charge is 0.508 e. The fraction of sp³-hybridized carbons (Fsp3) is 0.222. The molecule has 0 atom stereocenters. The Hall–Kier alpha value is -4.88. The van der Waals surface area contributed by atoms with Gasteiger partial charge in [0, 0.05) is 54.5 Å². The summed E-state index contributed by atoms with van der Waals surface area (Å²) in [6.45, 7) is 8.31. The normalized spacial score (nSPS) is 13.2. The molecule has 2 heterocycles. The fourth-order valence-corrected chi connectivity index (χ4v) is 5.38. The molecule has 0 radical (unpaired) electrons. The van der Waals surface area contributed by atoms with Crippen LogP contribution < -0.4 is 9.64 Å². The lowest BCUT2D eigenvalue weighted by Crippen LogP contribution is -2.17. The Kier molecular flexibility index (Phi) is 10.7. The molecule has 0 spiro atoms. The van der Waals surface area contributed by atoms with Gasteiger partial charge in [-0.15, -0.1) is 0 Å². The van der Waals surface area contributed by atoms with Crippen molar-refractivity contribution in [2.45, 2.75) is 26.3 Å². The second-order valence-electron chi connectivity index (χ2n) is 10.2. The zero-order valence-electron chi connectivity index (χ0n) is 24.7. The van der Waals surface area contributed by atoms with Crippen LogP contribution in [-0.4, -0.2) is 53.7 Å². The maximum atomic E-state index is 12.8. The molecular weight excluding hydrogens is 540 g/mol. The Morgan fingerprint density at radius 1 is 0.977 bits per heavy atom. The van der Waals surface area contributed by atoms with Crippen molar-refractivity contribution in [1.82, 2.24) is 4.57 Å². The SMILES string of the molecule is C=C(/C=C(O)\C=C/C)Cn1c(C=O)c(-c2ccc(OCC(=O)c3ccc(N4CCCC4)cc3)cc2)c2ccccc21.CO. The highest BCUT2D eigenvalue weighted by Crippen LogP contribution is 2.35. The van der Waals surface area contributed by atoms with Crippen LogP contribution in [0, 0.1) is 0 Å². The number of carbonyl (C=O) groups is 2. The number of hydrogen-bond acceptors (Lipinski definition) is 6. The van der Waals surface area contributed by atoms with E-state index in [0.29, 0.717) is 29.1 Å². The van der Waals surface area contributed by atoms with Crippen LogP contribution >= 0.6 is 0 Å². The molecule has 0 unspecified atom stereocenters. The van der Waals surface area contributed by atoms with Gasteiger partial charge in [-0.1, -0.05) is 43.0 Å². The molecule has 1 aromatic heterocycles. The van der Waals surface area contributed by atoms with Crippen LogP contribution in [0.4, 0.5) is 5.69 Å². The van der Waals surface area contributed by atoms with E-state index in [-0.39, 0.29) is 18.1 Å². The van der Waals surface area contributed by atoms with E-state index in [9.17, 15) is 14.7 Å². The summed E-state index contributed by atoms with van der Waals surface area (Å²) in [6, 6.07) is 23.0. The molecule has 5 rings (SSSR count). The summed E-state index contributed by atoms with van der Waals surface area (Å²) in [4.78, 5) is 27.5. The lowest BCUT2D eigenvalue weighted by molar-refractivity contribution is 0.0921. The first-order valence-corrected chi connectivity index (χ1v) is 14.3. The van der Waals surface area contributed by atoms with Gasteiger partial charge in [-0.25, -0.2) is 0 Å². The number of hydrogen-bond donors (Lipinski definition) is 2. The first-order chi connectivity index (χ1) is 21.0. The van der Waals surface area contributed by atoms with Crippen LogP contribution in [0.2, 0.25) is 0 Å². The van der Waals surface area contributed by atoms with Crippen molar-refractivity contribution in [3.8, 4) is 16.9 Å². The summed E-state index contributed by atoms with van der Waals surface area (Å²) in [7, 11) is 1.00. The first kappa shape index (κ1) is 31.1. The maximum Gasteiger partial charge on any atom is 0.200 e. The van der Waals surface area contributed by atoms with Crippen LogP contribution in [0.1, 0.15) is 40.6 Å². The number of aldehydes is 1. The monoisotopic (exact) mass is 578 g/mol. The van der Waals surface area contributed by atoms with Crippen molar-refractivity contribution in [3.63, 3.8) is 0 Å². The van der Waals surface area contributed by atoms with Crippen molar-refractivity contribution in [1.29, 1.82) is 0 Å². The van der Waals surface area contributed by atoms with Crippen molar-refractivity contribution in [2.75, 3.05) is 31.7 Å². The molecule has 3 aromatic carbocycles. The quantitative estimate of drug-likeness (QED) is 0.0849. The lowest BCUT2D eigenvalue weighted by Gasteiger charge is -2.17. The maximum absolute atomic E-state index is 12.8. The van der Waals surface area contributed by atoms with E-state index in [1.165, 1.54) is 12.8 Å². The van der Waals surface area contributed by atoms with Gasteiger partial charge in [0.1, 0.15) is 11.5 Å². The number of allylic oxidation sites excluding steroid dienone is 4. The fourth-order valence-electron chi connectivity index (χ4n) is 5.38. The van der Waals surface area contributed by atoms with Gasteiger partial charge in [0.05, 0.1) is 5.69 Å². The van der Waals surface area contributed by atoms with E-state index < -0.39 is 0 Å². The number of fused-ring (bicyclic) bond motifs is 1. The molecule has 1 aliphatic rings. The van der Waals surface area contributed by atoms with E-state index >= 15 is 0 Å². The molecular formula is C36H38N2O5. The topological polar surface area (TPSA) is 92.0 Å². The predicted octanol–water partition coefficient (Wildman–Crippen LogP) is 7.17. The smallest absolute Gasteiger partial charge is 0.200 e. The number of ether oxygens (including phenoxy) is 1. The Labute approximate surface area is 252 Å². The van der Waals surface area contributed by atoms with Crippen LogP contribution in [-0.2, 0) is 6.54 Å². The molecule has 0 saturated carbocycles. The first-order valence-electron chi connectivity index (χ1n) is 14.3. The number of rotatable bonds is 11. The van der Waals surface area contributed by atoms with Gasteiger partial charge >= 0.3 is 0 Å². The van der Waals surface area contributed by atoms with Crippen LogP contribution in [0.3, 0.4) is 0 Å². The number of aliphatic hydroxyl groups is 2. The minimum absolute atomic E-state index is 0.0585. The Morgan fingerprint density at radius 3 is 2.30 bits per heavy atom. The number of carbonyl (C=O) groups excluding carboxylic acids is 2. The molecule has 222 valence electrons. The van der Waals surface area contributed by atoms with Gasteiger partial charge in [-0.05, 0) is 85.5 Å². The molecule has 0 bridgehead atoms. The molecule has 0 aliphatic carbocycles. The van der Waals surface area contributed by atoms with Crippen molar-refractivity contribution >= 4 is 28.7 Å². The second kappa shape index (κ2) is 14.8. The van der Waals surface area contributed by atoms with Gasteiger partial charge in [-0.2, -0.15) is 0 Å². The highest BCUT2D eigenvalue weighted by atomic mass is 16.5. The average molecular weight is 579 g/mol. The molecule has 43 heavy (non-hydrogen) atoms. The Morgan fingerprint density at radius 2 is 1.65 bits per heavy atom. The molecule has 1 aliphatic heterocycles. The number of para-hydroxylation sites is 1. The summed E-state index contributed by atoms with van der Waals surface area (Å²) in [6.07, 6.45) is 8.21. The van der Waals surface area contributed by atoms with Crippen LogP contribution in [0.25, 0.3) is 22.0 Å². The van der Waals surface area contributed by atoms with E-state index in [1.807, 2.05) is 84.3 Å². The minimum Gasteiger partial charge on any atom is -0.508 e. The standard InChI is InChI=1S/C35H34N2O4.CH4O/c1-3-8-29(39)21-25(2)22-37-32-10-5-4-9-31(32)35(33(37)23-38)27-13-17-30(18-14-27)41-24-34(40)26-11-15-28(16-12-26)36-19-6-7-20-36;1-2/h3-5,8-18,21,23,39H,2,6-7,19-20,22,24H2,1H3;2H,1H3/b8-3-,29-21+;. The molecule has 1 saturated heterocycles. The van der Waals surface area contributed by atoms with Crippen molar-refractivity contribution in [3.05, 3.63) is 120 Å². The highest BCUT2D eigenvalue weighted by Gasteiger charge is 2.19. The summed E-state index contributed by atoms with van der Waals surface area (Å²) in [5.41, 5.74) is 5.53. The summed E-state index contributed by atoms with van der Waals surface area (Å²) < 4.78 is 7.73.